The van der Waals surface area contributed by atoms with Gasteiger partial charge in [-0.2, -0.15) is 0 Å². The van der Waals surface area contributed by atoms with Crippen LogP contribution in [-0.2, 0) is 14.3 Å². The minimum absolute atomic E-state index is 0.000139. The predicted molar refractivity (Wildman–Crippen MR) is 89.0 cm³/mol. The molecule has 2 amide bonds. The molecule has 1 saturated heterocycles. The summed E-state index contributed by atoms with van der Waals surface area (Å²) in [5.74, 6) is 0.0337. The lowest BCUT2D eigenvalue weighted by molar-refractivity contribution is -0.145. The van der Waals surface area contributed by atoms with E-state index in [4.69, 9.17) is 18.9 Å². The quantitative estimate of drug-likeness (QED) is 0.707. The normalized spacial score (nSPS) is 33.5. The van der Waals surface area contributed by atoms with E-state index in [0.29, 0.717) is 29.9 Å². The van der Waals surface area contributed by atoms with E-state index < -0.39 is 5.79 Å². The molecular weight excluding hydrogens is 338 g/mol. The van der Waals surface area contributed by atoms with Crippen molar-refractivity contribution in [3.8, 4) is 11.5 Å². The predicted octanol–water partition coefficient (Wildman–Crippen LogP) is 2.18. The number of carbonyl (C=O) groups excluding carboxylic acids is 2. The van der Waals surface area contributed by atoms with Crippen molar-refractivity contribution in [2.75, 3.05) is 6.79 Å². The Morgan fingerprint density at radius 2 is 1.77 bits per heavy atom. The molecule has 7 nitrogen and oxygen atoms in total. The first-order valence-electron chi connectivity index (χ1n) is 8.97. The molecule has 3 heterocycles. The molecule has 7 heteroatoms. The molecule has 1 aliphatic carbocycles. The van der Waals surface area contributed by atoms with Crippen LogP contribution >= 0.6 is 0 Å². The zero-order valence-corrected chi connectivity index (χ0v) is 15.0. The third kappa shape index (κ3) is 2.20. The Balaban J connectivity index is 1.61. The van der Waals surface area contributed by atoms with Gasteiger partial charge in [0.05, 0.1) is 12.2 Å². The number of imide groups is 1. The molecule has 138 valence electrons. The molecule has 1 aromatic rings. The molecular formula is C19H21NO6. The lowest BCUT2D eigenvalue weighted by Gasteiger charge is -2.45. The molecule has 4 aliphatic rings. The summed E-state index contributed by atoms with van der Waals surface area (Å²) in [6, 6.07) is 3.37. The lowest BCUT2D eigenvalue weighted by Crippen LogP contribution is -2.55. The Bertz CT molecular complexity index is 818. The maximum Gasteiger partial charge on any atom is 0.261 e. The number of fused-ring (bicyclic) bond motifs is 5. The van der Waals surface area contributed by atoms with Crippen LogP contribution in [0, 0.1) is 0 Å². The second-order valence-corrected chi connectivity index (χ2v) is 7.84. The standard InChI is InChI=1S/C19H21NO6/c1-9(21)20-13-7-17-16(25-19(2,3)26-17)5-11(13)10-4-14-15(24-8-23-14)6-12(10)18(20)22/h4,6,11,13,16-17H,5,7-8H2,1-3H3/t11-,13+,16-,17+/m1/s1. The van der Waals surface area contributed by atoms with Gasteiger partial charge in [-0.25, -0.2) is 0 Å². The Labute approximate surface area is 151 Å². The van der Waals surface area contributed by atoms with Gasteiger partial charge in [0.25, 0.3) is 5.91 Å². The first-order valence-corrected chi connectivity index (χ1v) is 8.97. The molecule has 0 bridgehead atoms. The van der Waals surface area contributed by atoms with Crippen molar-refractivity contribution in [3.05, 3.63) is 23.3 Å². The van der Waals surface area contributed by atoms with Crippen molar-refractivity contribution in [2.45, 2.75) is 63.6 Å². The summed E-state index contributed by atoms with van der Waals surface area (Å²) in [4.78, 5) is 26.8. The van der Waals surface area contributed by atoms with Gasteiger partial charge in [0.2, 0.25) is 12.7 Å². The maximum absolute atomic E-state index is 13.1. The van der Waals surface area contributed by atoms with Crippen LogP contribution in [0.1, 0.15) is 55.5 Å². The molecule has 5 rings (SSSR count). The van der Waals surface area contributed by atoms with Crippen molar-refractivity contribution >= 4 is 11.8 Å². The molecule has 0 aromatic heterocycles. The number of hydrogen-bond acceptors (Lipinski definition) is 6. The van der Waals surface area contributed by atoms with E-state index in [1.165, 1.54) is 11.8 Å². The monoisotopic (exact) mass is 359 g/mol. The summed E-state index contributed by atoms with van der Waals surface area (Å²) in [7, 11) is 0. The van der Waals surface area contributed by atoms with Gasteiger partial charge >= 0.3 is 0 Å². The summed E-state index contributed by atoms with van der Waals surface area (Å²) in [5.41, 5.74) is 1.43. The summed E-state index contributed by atoms with van der Waals surface area (Å²) in [5, 5.41) is 0. The van der Waals surface area contributed by atoms with Crippen LogP contribution in [0.25, 0.3) is 0 Å². The number of hydrogen-bond donors (Lipinski definition) is 0. The molecule has 26 heavy (non-hydrogen) atoms. The van der Waals surface area contributed by atoms with Crippen molar-refractivity contribution in [2.24, 2.45) is 0 Å². The maximum atomic E-state index is 13.1. The third-order valence-electron chi connectivity index (χ3n) is 5.77. The van der Waals surface area contributed by atoms with E-state index in [2.05, 4.69) is 0 Å². The van der Waals surface area contributed by atoms with Crippen LogP contribution in [0.4, 0.5) is 0 Å². The van der Waals surface area contributed by atoms with E-state index in [-0.39, 0.29) is 42.8 Å². The molecule has 0 radical (unpaired) electrons. The number of rotatable bonds is 0. The Kier molecular flexibility index (Phi) is 3.22. The number of amides is 2. The molecule has 0 unspecified atom stereocenters. The van der Waals surface area contributed by atoms with Crippen LogP contribution in [0.2, 0.25) is 0 Å². The van der Waals surface area contributed by atoms with Crippen molar-refractivity contribution in [1.82, 2.24) is 4.90 Å². The van der Waals surface area contributed by atoms with E-state index >= 15 is 0 Å². The number of carbonyl (C=O) groups is 2. The van der Waals surface area contributed by atoms with E-state index in [9.17, 15) is 9.59 Å². The van der Waals surface area contributed by atoms with Gasteiger partial charge in [-0.1, -0.05) is 0 Å². The third-order valence-corrected chi connectivity index (χ3v) is 5.77. The van der Waals surface area contributed by atoms with Gasteiger partial charge in [0, 0.05) is 24.4 Å². The molecule has 0 spiro atoms. The van der Waals surface area contributed by atoms with Crippen LogP contribution < -0.4 is 9.47 Å². The Morgan fingerprint density at radius 1 is 1.12 bits per heavy atom. The average molecular weight is 359 g/mol. The fraction of sp³-hybridized carbons (Fsp3) is 0.579. The number of nitrogens with zero attached hydrogens (tertiary/aromatic N) is 1. The molecule has 0 N–H and O–H groups in total. The Morgan fingerprint density at radius 3 is 2.46 bits per heavy atom. The summed E-state index contributed by atoms with van der Waals surface area (Å²) in [6.45, 7) is 5.38. The molecule has 3 aliphatic heterocycles. The van der Waals surface area contributed by atoms with Crippen LogP contribution in [-0.4, -0.2) is 47.5 Å². The zero-order chi connectivity index (χ0) is 18.2. The van der Waals surface area contributed by atoms with Crippen molar-refractivity contribution in [1.29, 1.82) is 0 Å². The minimum Gasteiger partial charge on any atom is -0.454 e. The van der Waals surface area contributed by atoms with Crippen LogP contribution in [0.5, 0.6) is 11.5 Å². The fourth-order valence-electron chi connectivity index (χ4n) is 4.84. The highest BCUT2D eigenvalue weighted by Crippen LogP contribution is 2.50. The van der Waals surface area contributed by atoms with E-state index in [1.807, 2.05) is 19.9 Å². The molecule has 1 aromatic carbocycles. The minimum atomic E-state index is -0.647. The van der Waals surface area contributed by atoms with Crippen molar-refractivity contribution in [3.63, 3.8) is 0 Å². The van der Waals surface area contributed by atoms with Crippen LogP contribution in [0.15, 0.2) is 12.1 Å². The average Bonchev–Trinajstić information content (AvgIpc) is 3.13. The lowest BCUT2D eigenvalue weighted by atomic mass is 9.72. The zero-order valence-electron chi connectivity index (χ0n) is 15.0. The van der Waals surface area contributed by atoms with Crippen LogP contribution in [0.3, 0.4) is 0 Å². The van der Waals surface area contributed by atoms with Gasteiger partial charge in [-0.05, 0) is 44.4 Å². The van der Waals surface area contributed by atoms with Gasteiger partial charge in [0.15, 0.2) is 17.3 Å². The van der Waals surface area contributed by atoms with Gasteiger partial charge in [-0.3, -0.25) is 14.5 Å². The highest BCUT2D eigenvalue weighted by atomic mass is 16.8. The SMILES string of the molecule is CC(=O)N1C(=O)c2cc3c(cc2[C@H]2C[C@H]4OC(C)(C)O[C@H]4C[C@@H]21)OCO3. The highest BCUT2D eigenvalue weighted by Gasteiger charge is 2.53. The highest BCUT2D eigenvalue weighted by molar-refractivity contribution is 6.07. The topological polar surface area (TPSA) is 74.3 Å². The smallest absolute Gasteiger partial charge is 0.261 e. The second kappa shape index (κ2) is 5.20. The largest absolute Gasteiger partial charge is 0.454 e. The summed E-state index contributed by atoms with van der Waals surface area (Å²) >= 11 is 0. The molecule has 2 fully saturated rings. The van der Waals surface area contributed by atoms with Gasteiger partial charge in [-0.15, -0.1) is 0 Å². The van der Waals surface area contributed by atoms with E-state index in [1.54, 1.807) is 6.07 Å². The first-order chi connectivity index (χ1) is 12.3. The van der Waals surface area contributed by atoms with Gasteiger partial charge < -0.3 is 18.9 Å². The molecule has 4 atom stereocenters. The van der Waals surface area contributed by atoms with Crippen molar-refractivity contribution < 1.29 is 28.5 Å². The molecule has 1 saturated carbocycles. The first kappa shape index (κ1) is 16.1. The summed E-state index contributed by atoms with van der Waals surface area (Å²) < 4.78 is 23.0. The number of benzene rings is 1. The van der Waals surface area contributed by atoms with E-state index in [0.717, 1.165) is 5.56 Å². The summed E-state index contributed by atoms with van der Waals surface area (Å²) in [6.07, 6.45) is 1.11. The Hall–Kier alpha value is -2.12. The second-order valence-electron chi connectivity index (χ2n) is 7.84. The number of ether oxygens (including phenoxy) is 4. The van der Waals surface area contributed by atoms with Gasteiger partial charge in [0.1, 0.15) is 0 Å². The fourth-order valence-corrected chi connectivity index (χ4v) is 4.84.